The third kappa shape index (κ3) is 8.57. The number of likely N-dealkylation sites (tertiary alicyclic amines) is 2. The van der Waals surface area contributed by atoms with Gasteiger partial charge in [-0.2, -0.15) is 0 Å². The van der Waals surface area contributed by atoms with Crippen molar-refractivity contribution in [3.63, 3.8) is 0 Å². The lowest BCUT2D eigenvalue weighted by Gasteiger charge is -2.26. The highest BCUT2D eigenvalue weighted by atomic mass is 19.2. The number of aliphatic carboxylic acids is 1. The molecule has 0 aromatic heterocycles. The van der Waals surface area contributed by atoms with E-state index in [0.29, 0.717) is 50.0 Å². The van der Waals surface area contributed by atoms with Crippen molar-refractivity contribution < 1.29 is 42.2 Å². The first-order valence-electron chi connectivity index (χ1n) is 12.0. The maximum Gasteiger partial charge on any atom is 0.331 e. The number of carboxylic acids is 1. The Bertz CT molecular complexity index is 1050. The van der Waals surface area contributed by atoms with E-state index in [1.807, 2.05) is 4.90 Å². The Balaban J connectivity index is 0.000000493. The molecule has 9 nitrogen and oxygen atoms in total. The van der Waals surface area contributed by atoms with Crippen LogP contribution in [0.1, 0.15) is 45.1 Å². The zero-order chi connectivity index (χ0) is 27.1. The molecular formula is C26H34F3N3O6. The molecule has 2 amide bonds. The van der Waals surface area contributed by atoms with E-state index in [-0.39, 0.29) is 50.2 Å². The molecule has 1 aromatic carbocycles. The molecule has 38 heavy (non-hydrogen) atoms. The molecule has 0 unspecified atom stereocenters. The normalized spacial score (nSPS) is 20.7. The summed E-state index contributed by atoms with van der Waals surface area (Å²) in [5.74, 6) is -3.52. The third-order valence-electron chi connectivity index (χ3n) is 6.73. The highest BCUT2D eigenvalue weighted by molar-refractivity contribution is 5.80. The Hall–Kier alpha value is -3.41. The number of halogens is 3. The molecule has 3 aliphatic rings. The van der Waals surface area contributed by atoms with Gasteiger partial charge in [0.1, 0.15) is 12.1 Å². The largest absolute Gasteiger partial charge is 0.478 e. The van der Waals surface area contributed by atoms with Crippen molar-refractivity contribution in [2.45, 2.75) is 58.0 Å². The second-order valence-electron chi connectivity index (χ2n) is 9.55. The van der Waals surface area contributed by atoms with E-state index in [4.69, 9.17) is 10.8 Å². The lowest BCUT2D eigenvalue weighted by molar-refractivity contribution is -0.134. The Morgan fingerprint density at radius 1 is 1.08 bits per heavy atom. The lowest BCUT2D eigenvalue weighted by Crippen LogP contribution is -2.43. The molecule has 1 aromatic rings. The monoisotopic (exact) mass is 541 g/mol. The summed E-state index contributed by atoms with van der Waals surface area (Å²) in [6.45, 7) is 2.03. The first kappa shape index (κ1) is 30.8. The van der Waals surface area contributed by atoms with Crippen LogP contribution in [-0.2, 0) is 30.3 Å². The fourth-order valence-electron chi connectivity index (χ4n) is 4.72. The summed E-state index contributed by atoms with van der Waals surface area (Å²) in [6.07, 6.45) is 5.18. The van der Waals surface area contributed by atoms with Gasteiger partial charge in [0.2, 0.25) is 11.8 Å². The maximum atomic E-state index is 13.8. The Labute approximate surface area is 219 Å². The standard InChI is InChI=1S/C21H26F3N3O2.C4H4O4.CH4/c22-16-9-18(24)17(23)7-14(16)6-15(25)8-21(29)27-4-3-13-10-26(11-19(13)27)20(28)5-12-1-2-12;5-3-8-2-1-4(6)7;/h7,9,12-13,15,19H,1-6,8,10-11,25H2;1-3H,(H,6,7);1H4/b;2-1+;/t13-,15+,19+;;/m0../s1. The summed E-state index contributed by atoms with van der Waals surface area (Å²) in [5.41, 5.74) is 5.97. The number of carbonyl (C=O) groups is 4. The number of nitrogens with zero attached hydrogens (tertiary/aromatic N) is 2. The molecule has 0 spiro atoms. The van der Waals surface area contributed by atoms with Crippen molar-refractivity contribution in [1.82, 2.24) is 9.80 Å². The summed E-state index contributed by atoms with van der Waals surface area (Å²) in [6, 6.07) is 0.602. The first-order chi connectivity index (χ1) is 17.6. The third-order valence-corrected chi connectivity index (χ3v) is 6.73. The van der Waals surface area contributed by atoms with E-state index in [1.165, 1.54) is 0 Å². The minimum absolute atomic E-state index is 0. The molecule has 2 saturated heterocycles. The van der Waals surface area contributed by atoms with Crippen LogP contribution in [0.15, 0.2) is 24.5 Å². The first-order valence-corrected chi connectivity index (χ1v) is 12.0. The van der Waals surface area contributed by atoms with Gasteiger partial charge in [0, 0.05) is 50.5 Å². The van der Waals surface area contributed by atoms with Crippen LogP contribution >= 0.6 is 0 Å². The molecule has 1 aliphatic carbocycles. The van der Waals surface area contributed by atoms with E-state index < -0.39 is 29.5 Å². The van der Waals surface area contributed by atoms with Crippen LogP contribution < -0.4 is 5.73 Å². The van der Waals surface area contributed by atoms with Gasteiger partial charge in [0.15, 0.2) is 11.6 Å². The molecule has 3 atom stereocenters. The second kappa shape index (κ2) is 13.9. The van der Waals surface area contributed by atoms with Crippen LogP contribution in [0.4, 0.5) is 13.2 Å². The van der Waals surface area contributed by atoms with E-state index in [0.717, 1.165) is 31.6 Å². The molecular weight excluding hydrogens is 507 g/mol. The lowest BCUT2D eigenvalue weighted by atomic mass is 10.0. The fraction of sp³-hybridized carbons (Fsp3) is 0.538. The number of hydrogen-bond acceptors (Lipinski definition) is 6. The van der Waals surface area contributed by atoms with Gasteiger partial charge >= 0.3 is 5.97 Å². The average Bonchev–Trinajstić information content (AvgIpc) is 3.39. The predicted molar refractivity (Wildman–Crippen MR) is 131 cm³/mol. The smallest absolute Gasteiger partial charge is 0.331 e. The summed E-state index contributed by atoms with van der Waals surface area (Å²) in [7, 11) is 0. The number of amides is 2. The number of rotatable bonds is 9. The fourth-order valence-corrected chi connectivity index (χ4v) is 4.72. The Morgan fingerprint density at radius 2 is 1.76 bits per heavy atom. The highest BCUT2D eigenvalue weighted by Gasteiger charge is 2.45. The van der Waals surface area contributed by atoms with Crippen LogP contribution in [0, 0.1) is 29.3 Å². The number of hydrogen-bond donors (Lipinski definition) is 2. The average molecular weight is 542 g/mol. The minimum atomic E-state index is -1.25. The highest BCUT2D eigenvalue weighted by Crippen LogP contribution is 2.36. The molecule has 3 N–H and O–H groups in total. The van der Waals surface area contributed by atoms with Gasteiger partial charge in [0.25, 0.3) is 6.47 Å². The number of benzene rings is 1. The number of nitrogens with two attached hydrogens (primary N) is 1. The van der Waals surface area contributed by atoms with Gasteiger partial charge in [-0.05, 0) is 43.2 Å². The van der Waals surface area contributed by atoms with Crippen molar-refractivity contribution in [3.8, 4) is 0 Å². The van der Waals surface area contributed by atoms with Gasteiger partial charge < -0.3 is 25.4 Å². The van der Waals surface area contributed by atoms with Crippen LogP contribution in [0.3, 0.4) is 0 Å². The predicted octanol–water partition coefficient (Wildman–Crippen LogP) is 2.62. The van der Waals surface area contributed by atoms with Gasteiger partial charge in [0.05, 0.1) is 12.1 Å². The quantitative estimate of drug-likeness (QED) is 0.213. The van der Waals surface area contributed by atoms with Gasteiger partial charge in [-0.25, -0.2) is 18.0 Å². The van der Waals surface area contributed by atoms with Crippen molar-refractivity contribution in [3.05, 3.63) is 47.5 Å². The zero-order valence-electron chi connectivity index (χ0n) is 20.2. The molecule has 1 saturated carbocycles. The molecule has 2 aliphatic heterocycles. The number of carbonyl (C=O) groups excluding carboxylic acids is 3. The van der Waals surface area contributed by atoms with Gasteiger partial charge in [-0.3, -0.25) is 14.4 Å². The Kier molecular flexibility index (Phi) is 11.3. The summed E-state index contributed by atoms with van der Waals surface area (Å²) >= 11 is 0. The van der Waals surface area contributed by atoms with Gasteiger partial charge in [-0.15, -0.1) is 0 Å². The van der Waals surface area contributed by atoms with Crippen LogP contribution in [0.2, 0.25) is 0 Å². The second-order valence-corrected chi connectivity index (χ2v) is 9.55. The zero-order valence-corrected chi connectivity index (χ0v) is 20.2. The minimum Gasteiger partial charge on any atom is -0.478 e. The summed E-state index contributed by atoms with van der Waals surface area (Å²) in [5, 5.41) is 7.86. The van der Waals surface area contributed by atoms with Crippen molar-refractivity contribution in [2.75, 3.05) is 19.6 Å². The van der Waals surface area contributed by atoms with Crippen LogP contribution in [0.25, 0.3) is 0 Å². The van der Waals surface area contributed by atoms with Crippen LogP contribution in [0.5, 0.6) is 0 Å². The molecule has 3 fully saturated rings. The summed E-state index contributed by atoms with van der Waals surface area (Å²) in [4.78, 5) is 47.7. The van der Waals surface area contributed by atoms with E-state index >= 15 is 0 Å². The molecule has 2 heterocycles. The van der Waals surface area contributed by atoms with Gasteiger partial charge in [-0.1, -0.05) is 7.43 Å². The molecule has 0 radical (unpaired) electrons. The molecule has 4 rings (SSSR count). The number of carboxylic acid groups (broad SMARTS) is 1. The van der Waals surface area contributed by atoms with Crippen molar-refractivity contribution >= 4 is 24.3 Å². The maximum absolute atomic E-state index is 13.8. The molecule has 12 heteroatoms. The molecule has 210 valence electrons. The SMILES string of the molecule is C.N[C@@H](CC(=O)N1CC[C@H]2CN(C(=O)CC3CC3)C[C@H]21)Cc1cc(F)c(F)cc1F.O=CO/C=C/C(=O)O. The van der Waals surface area contributed by atoms with Crippen LogP contribution in [-0.4, -0.2) is 70.9 Å². The van der Waals surface area contributed by atoms with E-state index in [9.17, 15) is 32.3 Å². The molecule has 0 bridgehead atoms. The van der Waals surface area contributed by atoms with Crippen molar-refractivity contribution in [1.29, 1.82) is 0 Å². The Morgan fingerprint density at radius 3 is 2.39 bits per heavy atom. The van der Waals surface area contributed by atoms with E-state index in [1.54, 1.807) is 4.90 Å². The summed E-state index contributed by atoms with van der Waals surface area (Å²) < 4.78 is 44.1. The van der Waals surface area contributed by atoms with E-state index in [2.05, 4.69) is 4.74 Å². The van der Waals surface area contributed by atoms with Crippen molar-refractivity contribution in [2.24, 2.45) is 17.6 Å². The topological polar surface area (TPSA) is 130 Å². The number of fused-ring (bicyclic) bond motifs is 1. The number of ether oxygens (including phenoxy) is 1.